The number of carbonyl (C=O) groups is 2. The number of halogens is 4. The SMILES string of the molecule is COc1cn2nccc2cc1N(C(C)=O)c1cc(NC(=O)Cc2cccc(C(F)(F)F)c2Cl)ccn1. The van der Waals surface area contributed by atoms with Crippen LogP contribution in [0, 0.1) is 0 Å². The first-order valence-electron chi connectivity index (χ1n) is 10.5. The molecular weight excluding hydrogens is 499 g/mol. The Balaban J connectivity index is 1.61. The van der Waals surface area contributed by atoms with Gasteiger partial charge in [0.2, 0.25) is 11.8 Å². The predicted octanol–water partition coefficient (Wildman–Crippen LogP) is 5.28. The van der Waals surface area contributed by atoms with E-state index in [1.165, 1.54) is 49.4 Å². The maximum Gasteiger partial charge on any atom is 0.417 e. The number of hydrogen-bond donors (Lipinski definition) is 1. The quantitative estimate of drug-likeness (QED) is 0.376. The van der Waals surface area contributed by atoms with Gasteiger partial charge in [-0.3, -0.25) is 14.5 Å². The van der Waals surface area contributed by atoms with Gasteiger partial charge in [-0.1, -0.05) is 23.7 Å². The molecule has 186 valence electrons. The zero-order chi connectivity index (χ0) is 26.0. The average Bonchev–Trinajstić information content (AvgIpc) is 3.26. The first-order valence-corrected chi connectivity index (χ1v) is 10.9. The Morgan fingerprint density at radius 2 is 1.94 bits per heavy atom. The number of rotatable bonds is 6. The van der Waals surface area contributed by atoms with Gasteiger partial charge in [0, 0.05) is 31.1 Å². The number of carbonyl (C=O) groups excluding carboxylic acids is 2. The highest BCUT2D eigenvalue weighted by Crippen LogP contribution is 2.37. The molecule has 2 amide bonds. The van der Waals surface area contributed by atoms with Gasteiger partial charge in [-0.05, 0) is 29.8 Å². The van der Waals surface area contributed by atoms with Gasteiger partial charge in [0.15, 0.2) is 5.75 Å². The molecule has 12 heteroatoms. The van der Waals surface area contributed by atoms with Crippen LogP contribution in [0.4, 0.5) is 30.4 Å². The molecule has 0 spiro atoms. The summed E-state index contributed by atoms with van der Waals surface area (Å²) in [6, 6.07) is 9.81. The molecule has 4 rings (SSSR count). The van der Waals surface area contributed by atoms with E-state index >= 15 is 0 Å². The number of pyridine rings is 2. The largest absolute Gasteiger partial charge is 0.493 e. The van der Waals surface area contributed by atoms with Gasteiger partial charge in [0.05, 0.1) is 41.5 Å². The minimum Gasteiger partial charge on any atom is -0.493 e. The van der Waals surface area contributed by atoms with Crippen LogP contribution in [-0.4, -0.2) is 33.5 Å². The number of ether oxygens (including phenoxy) is 1. The van der Waals surface area contributed by atoms with E-state index in [0.29, 0.717) is 17.0 Å². The summed E-state index contributed by atoms with van der Waals surface area (Å²) in [6.45, 7) is 1.35. The van der Waals surface area contributed by atoms with Crippen molar-refractivity contribution in [2.45, 2.75) is 19.5 Å². The second-order valence-corrected chi connectivity index (χ2v) is 8.06. The average molecular weight is 518 g/mol. The van der Waals surface area contributed by atoms with Crippen molar-refractivity contribution in [3.05, 3.63) is 77.2 Å². The van der Waals surface area contributed by atoms with E-state index < -0.39 is 22.7 Å². The molecule has 3 aromatic heterocycles. The Bertz CT molecular complexity index is 1450. The molecule has 1 aromatic carbocycles. The van der Waals surface area contributed by atoms with Crippen molar-refractivity contribution in [2.75, 3.05) is 17.3 Å². The fraction of sp³-hybridized carbons (Fsp3) is 0.167. The Labute approximate surface area is 208 Å². The number of aromatic nitrogens is 3. The van der Waals surface area contributed by atoms with Crippen LogP contribution in [-0.2, 0) is 22.2 Å². The fourth-order valence-corrected chi connectivity index (χ4v) is 3.95. The van der Waals surface area contributed by atoms with Gasteiger partial charge in [-0.25, -0.2) is 9.50 Å². The molecule has 0 saturated carbocycles. The third kappa shape index (κ3) is 5.10. The maximum absolute atomic E-state index is 13.1. The Morgan fingerprint density at radius 1 is 1.17 bits per heavy atom. The number of nitrogens with one attached hydrogen (secondary N) is 1. The maximum atomic E-state index is 13.1. The minimum absolute atomic E-state index is 0.0301. The van der Waals surface area contributed by atoms with Crippen molar-refractivity contribution >= 4 is 46.1 Å². The van der Waals surface area contributed by atoms with E-state index in [2.05, 4.69) is 15.4 Å². The monoisotopic (exact) mass is 517 g/mol. The van der Waals surface area contributed by atoms with Crippen LogP contribution in [0.25, 0.3) is 5.52 Å². The van der Waals surface area contributed by atoms with Crippen LogP contribution in [0.2, 0.25) is 5.02 Å². The van der Waals surface area contributed by atoms with E-state index in [1.807, 2.05) is 0 Å². The van der Waals surface area contributed by atoms with Gasteiger partial charge < -0.3 is 10.1 Å². The summed E-state index contributed by atoms with van der Waals surface area (Å²) >= 11 is 5.90. The summed E-state index contributed by atoms with van der Waals surface area (Å²) in [6.07, 6.45) is -0.419. The molecular formula is C24H19ClF3N5O3. The predicted molar refractivity (Wildman–Crippen MR) is 128 cm³/mol. The zero-order valence-corrected chi connectivity index (χ0v) is 19.8. The molecule has 3 heterocycles. The lowest BCUT2D eigenvalue weighted by atomic mass is 10.1. The highest BCUT2D eigenvalue weighted by molar-refractivity contribution is 6.32. The van der Waals surface area contributed by atoms with E-state index in [4.69, 9.17) is 16.3 Å². The molecule has 0 radical (unpaired) electrons. The lowest BCUT2D eigenvalue weighted by Crippen LogP contribution is -2.25. The Morgan fingerprint density at radius 3 is 2.64 bits per heavy atom. The van der Waals surface area contributed by atoms with Crippen molar-refractivity contribution in [3.63, 3.8) is 0 Å². The van der Waals surface area contributed by atoms with Gasteiger partial charge in [0.1, 0.15) is 5.82 Å². The summed E-state index contributed by atoms with van der Waals surface area (Å²) in [4.78, 5) is 30.8. The number of benzene rings is 1. The molecule has 0 unspecified atom stereocenters. The Hall–Kier alpha value is -4.12. The number of fused-ring (bicyclic) bond motifs is 1. The summed E-state index contributed by atoms with van der Waals surface area (Å²) in [5, 5.41) is 6.24. The molecule has 0 saturated heterocycles. The zero-order valence-electron chi connectivity index (χ0n) is 19.0. The van der Waals surface area contributed by atoms with Crippen molar-refractivity contribution in [3.8, 4) is 5.75 Å². The topological polar surface area (TPSA) is 88.8 Å². The molecule has 1 N–H and O–H groups in total. The number of anilines is 3. The molecule has 36 heavy (non-hydrogen) atoms. The van der Waals surface area contributed by atoms with Crippen molar-refractivity contribution in [1.82, 2.24) is 14.6 Å². The highest BCUT2D eigenvalue weighted by atomic mass is 35.5. The smallest absolute Gasteiger partial charge is 0.417 e. The van der Waals surface area contributed by atoms with Crippen molar-refractivity contribution in [1.29, 1.82) is 0 Å². The van der Waals surface area contributed by atoms with E-state index in [-0.39, 0.29) is 29.4 Å². The molecule has 0 aliphatic rings. The van der Waals surface area contributed by atoms with Crippen LogP contribution in [0.3, 0.4) is 0 Å². The number of alkyl halides is 3. The van der Waals surface area contributed by atoms with Gasteiger partial charge >= 0.3 is 6.18 Å². The van der Waals surface area contributed by atoms with Crippen LogP contribution >= 0.6 is 11.6 Å². The lowest BCUT2D eigenvalue weighted by Gasteiger charge is -2.23. The van der Waals surface area contributed by atoms with Crippen LogP contribution < -0.4 is 15.0 Å². The van der Waals surface area contributed by atoms with Gasteiger partial charge in [0.25, 0.3) is 0 Å². The Kier molecular flexibility index (Phi) is 6.84. The second kappa shape index (κ2) is 9.86. The summed E-state index contributed by atoms with van der Waals surface area (Å²) in [5.74, 6) is -0.415. The van der Waals surface area contributed by atoms with Crippen LogP contribution in [0.5, 0.6) is 5.75 Å². The van der Waals surface area contributed by atoms with E-state index in [0.717, 1.165) is 6.07 Å². The summed E-state index contributed by atoms with van der Waals surface area (Å²) in [7, 11) is 1.45. The van der Waals surface area contributed by atoms with Crippen LogP contribution in [0.1, 0.15) is 18.1 Å². The highest BCUT2D eigenvalue weighted by Gasteiger charge is 2.34. The normalized spacial score (nSPS) is 11.4. The molecule has 0 aliphatic heterocycles. The van der Waals surface area contributed by atoms with E-state index in [1.54, 1.807) is 29.0 Å². The molecule has 0 aliphatic carbocycles. The van der Waals surface area contributed by atoms with Crippen LogP contribution in [0.15, 0.2) is 61.1 Å². The molecule has 0 bridgehead atoms. The lowest BCUT2D eigenvalue weighted by molar-refractivity contribution is -0.137. The molecule has 0 fully saturated rings. The number of hydrogen-bond acceptors (Lipinski definition) is 5. The first-order chi connectivity index (χ1) is 17.1. The van der Waals surface area contributed by atoms with Gasteiger partial charge in [-0.2, -0.15) is 18.3 Å². The number of amides is 2. The fourth-order valence-electron chi connectivity index (χ4n) is 3.65. The molecule has 8 nitrogen and oxygen atoms in total. The third-order valence-electron chi connectivity index (χ3n) is 5.25. The van der Waals surface area contributed by atoms with Crippen molar-refractivity contribution in [2.24, 2.45) is 0 Å². The second-order valence-electron chi connectivity index (χ2n) is 7.69. The summed E-state index contributed by atoms with van der Waals surface area (Å²) in [5.41, 5.74) is 0.414. The molecule has 4 aromatic rings. The standard InChI is InChI=1S/C24H19ClF3N5O3/c1-14(34)33(19-12-17-7-9-30-32(17)13-20(19)36-2)21-11-16(6-8-29-21)31-22(35)10-15-4-3-5-18(23(15)25)24(26,27)28/h3-9,11-13H,10H2,1-2H3,(H,29,31,35). The number of methoxy groups -OCH3 is 1. The third-order valence-corrected chi connectivity index (χ3v) is 5.69. The van der Waals surface area contributed by atoms with Crippen molar-refractivity contribution < 1.29 is 27.5 Å². The molecule has 0 atom stereocenters. The number of nitrogens with zero attached hydrogens (tertiary/aromatic N) is 4. The van der Waals surface area contributed by atoms with Gasteiger partial charge in [-0.15, -0.1) is 0 Å². The summed E-state index contributed by atoms with van der Waals surface area (Å²) < 4.78 is 46.4. The first kappa shape index (κ1) is 25.0. The minimum atomic E-state index is -4.64. The van der Waals surface area contributed by atoms with E-state index in [9.17, 15) is 22.8 Å².